The van der Waals surface area contributed by atoms with Crippen LogP contribution in [0.4, 0.5) is 0 Å². The van der Waals surface area contributed by atoms with Crippen LogP contribution in [0.1, 0.15) is 43.5 Å². The van der Waals surface area contributed by atoms with Gasteiger partial charge >= 0.3 is 5.69 Å². The van der Waals surface area contributed by atoms with E-state index in [1.807, 2.05) is 19.9 Å². The van der Waals surface area contributed by atoms with Crippen LogP contribution in [0.25, 0.3) is 11.2 Å². The average molecular weight is 452 g/mol. The maximum Gasteiger partial charge on any atom is 0.332 e. The van der Waals surface area contributed by atoms with Gasteiger partial charge in [0.25, 0.3) is 11.6 Å². The molecular formula is C24H29N5O4. The largest absolute Gasteiger partial charge is 0.460 e. The van der Waals surface area contributed by atoms with Gasteiger partial charge in [0.05, 0.1) is 6.54 Å². The fraction of sp³-hybridized carbons (Fsp3) is 0.417. The lowest BCUT2D eigenvalue weighted by Crippen LogP contribution is -2.41. The number of rotatable bonds is 7. The predicted octanol–water partition coefficient (Wildman–Crippen LogP) is 2.00. The number of imidazole rings is 1. The first-order valence-electron chi connectivity index (χ1n) is 11.1. The van der Waals surface area contributed by atoms with Crippen LogP contribution < -0.4 is 21.7 Å². The van der Waals surface area contributed by atoms with Crippen molar-refractivity contribution in [1.82, 2.24) is 18.7 Å². The third-order valence-electron chi connectivity index (χ3n) is 6.04. The molecule has 0 unspecified atom stereocenters. The van der Waals surface area contributed by atoms with Crippen LogP contribution in [-0.2, 0) is 20.1 Å². The highest BCUT2D eigenvalue weighted by atomic mass is 16.5. The Hall–Kier alpha value is -3.46. The molecule has 2 aromatic heterocycles. The predicted molar refractivity (Wildman–Crippen MR) is 126 cm³/mol. The standard InChI is InChI=1S/C24H29N5O4/c1-15(2)12-13-28-20-21(26-23(28)33-19-11-7-10-17(19)25)27(3)24(32)29(22(20)31)14-18(30)16-8-5-4-6-9-16/h4-6,8-9,12,17,19H,7,10-11,13-14,25H2,1-3H3/t17-,19-/m1/s1. The van der Waals surface area contributed by atoms with Crippen molar-refractivity contribution in [2.24, 2.45) is 12.8 Å². The zero-order valence-corrected chi connectivity index (χ0v) is 19.2. The van der Waals surface area contributed by atoms with Crippen molar-refractivity contribution < 1.29 is 9.53 Å². The van der Waals surface area contributed by atoms with E-state index in [0.29, 0.717) is 12.1 Å². The van der Waals surface area contributed by atoms with Crippen LogP contribution in [0.2, 0.25) is 0 Å². The molecule has 0 aliphatic heterocycles. The number of carbonyl (C=O) groups is 1. The highest BCUT2D eigenvalue weighted by Gasteiger charge is 2.29. The number of allylic oxidation sites excluding steroid dienone is 2. The summed E-state index contributed by atoms with van der Waals surface area (Å²) in [7, 11) is 1.54. The molecule has 2 heterocycles. The Balaban J connectivity index is 1.85. The summed E-state index contributed by atoms with van der Waals surface area (Å²) in [6, 6.07) is 8.74. The molecule has 174 valence electrons. The van der Waals surface area contributed by atoms with Gasteiger partial charge in [0, 0.05) is 25.2 Å². The lowest BCUT2D eigenvalue weighted by molar-refractivity contribution is 0.0969. The monoisotopic (exact) mass is 451 g/mol. The van der Waals surface area contributed by atoms with Crippen molar-refractivity contribution in [2.75, 3.05) is 0 Å². The summed E-state index contributed by atoms with van der Waals surface area (Å²) in [5.74, 6) is -0.321. The highest BCUT2D eigenvalue weighted by Crippen LogP contribution is 2.25. The SMILES string of the molecule is CC(C)=CCn1c(O[C@@H]2CCC[C@H]2N)nc2c1c(=O)n(CC(=O)c1ccccc1)c(=O)n2C. The molecule has 0 saturated heterocycles. The molecule has 0 bridgehead atoms. The maximum atomic E-state index is 13.5. The summed E-state index contributed by atoms with van der Waals surface area (Å²) in [4.78, 5) is 43.8. The number of aromatic nitrogens is 4. The van der Waals surface area contributed by atoms with Crippen LogP contribution in [0, 0.1) is 0 Å². The summed E-state index contributed by atoms with van der Waals surface area (Å²) in [6.07, 6.45) is 4.39. The summed E-state index contributed by atoms with van der Waals surface area (Å²) in [6.45, 7) is 3.90. The van der Waals surface area contributed by atoms with E-state index in [0.717, 1.165) is 29.4 Å². The van der Waals surface area contributed by atoms with Gasteiger partial charge in [0.1, 0.15) is 6.10 Å². The molecule has 0 amide bonds. The lowest BCUT2D eigenvalue weighted by Gasteiger charge is -2.17. The second-order valence-electron chi connectivity index (χ2n) is 8.73. The molecule has 1 aliphatic rings. The van der Waals surface area contributed by atoms with Gasteiger partial charge in [0.2, 0.25) is 0 Å². The number of aryl methyl sites for hydroxylation is 1. The quantitative estimate of drug-likeness (QED) is 0.434. The molecule has 2 atom stereocenters. The molecule has 1 saturated carbocycles. The molecule has 1 aliphatic carbocycles. The molecule has 0 spiro atoms. The fourth-order valence-electron chi connectivity index (χ4n) is 4.12. The van der Waals surface area contributed by atoms with Crippen molar-refractivity contribution in [3.63, 3.8) is 0 Å². The Bertz CT molecular complexity index is 1330. The molecule has 9 heteroatoms. The molecule has 4 rings (SSSR count). The van der Waals surface area contributed by atoms with Crippen molar-refractivity contribution in [3.05, 3.63) is 68.4 Å². The van der Waals surface area contributed by atoms with Gasteiger partial charge in [-0.1, -0.05) is 42.0 Å². The van der Waals surface area contributed by atoms with E-state index in [-0.39, 0.29) is 41.6 Å². The van der Waals surface area contributed by atoms with E-state index in [1.54, 1.807) is 34.9 Å². The molecule has 2 N–H and O–H groups in total. The number of ketones is 1. The van der Waals surface area contributed by atoms with Gasteiger partial charge in [-0.3, -0.25) is 23.3 Å². The Morgan fingerprint density at radius 3 is 2.55 bits per heavy atom. The molecule has 1 aromatic carbocycles. The number of hydrogen-bond donors (Lipinski definition) is 1. The van der Waals surface area contributed by atoms with Gasteiger partial charge in [-0.05, 0) is 33.1 Å². The zero-order valence-electron chi connectivity index (χ0n) is 19.2. The van der Waals surface area contributed by atoms with Crippen molar-refractivity contribution in [1.29, 1.82) is 0 Å². The molecule has 1 fully saturated rings. The first-order chi connectivity index (χ1) is 15.8. The van der Waals surface area contributed by atoms with Crippen LogP contribution in [0.3, 0.4) is 0 Å². The summed E-state index contributed by atoms with van der Waals surface area (Å²) in [5, 5.41) is 0. The van der Waals surface area contributed by atoms with E-state index in [1.165, 1.54) is 11.6 Å². The topological polar surface area (TPSA) is 114 Å². The van der Waals surface area contributed by atoms with Crippen LogP contribution in [0.5, 0.6) is 6.01 Å². The third kappa shape index (κ3) is 4.41. The Morgan fingerprint density at radius 1 is 1.18 bits per heavy atom. The van der Waals surface area contributed by atoms with Crippen molar-refractivity contribution in [3.8, 4) is 6.01 Å². The van der Waals surface area contributed by atoms with E-state index >= 15 is 0 Å². The molecule has 3 aromatic rings. The second kappa shape index (κ2) is 9.19. The Morgan fingerprint density at radius 2 is 1.91 bits per heavy atom. The van der Waals surface area contributed by atoms with Gasteiger partial charge in [0.15, 0.2) is 16.9 Å². The number of fused-ring (bicyclic) bond motifs is 1. The van der Waals surface area contributed by atoms with E-state index < -0.39 is 11.2 Å². The average Bonchev–Trinajstić information content (AvgIpc) is 3.37. The number of ether oxygens (including phenoxy) is 1. The fourth-order valence-corrected chi connectivity index (χ4v) is 4.12. The highest BCUT2D eigenvalue weighted by molar-refractivity contribution is 5.95. The molecule has 0 radical (unpaired) electrons. The van der Waals surface area contributed by atoms with Crippen LogP contribution >= 0.6 is 0 Å². The smallest absolute Gasteiger partial charge is 0.332 e. The van der Waals surface area contributed by atoms with Gasteiger partial charge in [-0.25, -0.2) is 4.79 Å². The Labute approximate surface area is 191 Å². The summed E-state index contributed by atoms with van der Waals surface area (Å²) >= 11 is 0. The minimum absolute atomic E-state index is 0.106. The molecule has 9 nitrogen and oxygen atoms in total. The second-order valence-corrected chi connectivity index (χ2v) is 8.73. The van der Waals surface area contributed by atoms with Gasteiger partial charge in [-0.15, -0.1) is 0 Å². The third-order valence-corrected chi connectivity index (χ3v) is 6.04. The van der Waals surface area contributed by atoms with Crippen LogP contribution in [-0.4, -0.2) is 36.6 Å². The van der Waals surface area contributed by atoms with Crippen molar-refractivity contribution in [2.45, 2.75) is 58.3 Å². The van der Waals surface area contributed by atoms with Gasteiger partial charge < -0.3 is 10.5 Å². The number of benzene rings is 1. The number of hydrogen-bond acceptors (Lipinski definition) is 6. The summed E-state index contributed by atoms with van der Waals surface area (Å²) in [5.41, 5.74) is 6.94. The lowest BCUT2D eigenvalue weighted by atomic mass is 10.1. The molecule has 33 heavy (non-hydrogen) atoms. The number of nitrogens with zero attached hydrogens (tertiary/aromatic N) is 4. The number of carbonyl (C=O) groups excluding carboxylic acids is 1. The normalized spacial score (nSPS) is 17.9. The first-order valence-corrected chi connectivity index (χ1v) is 11.1. The minimum Gasteiger partial charge on any atom is -0.460 e. The van der Waals surface area contributed by atoms with Crippen molar-refractivity contribution >= 4 is 16.9 Å². The summed E-state index contributed by atoms with van der Waals surface area (Å²) < 4.78 is 10.1. The van der Waals surface area contributed by atoms with E-state index in [4.69, 9.17) is 10.5 Å². The van der Waals surface area contributed by atoms with Crippen LogP contribution in [0.15, 0.2) is 51.6 Å². The Kier molecular flexibility index (Phi) is 6.33. The number of nitrogens with two attached hydrogens (primary N) is 1. The minimum atomic E-state index is -0.604. The first kappa shape index (κ1) is 22.7. The van der Waals surface area contributed by atoms with Gasteiger partial charge in [-0.2, -0.15) is 4.98 Å². The maximum absolute atomic E-state index is 13.5. The number of Topliss-reactive ketones (excluding diaryl/α,β-unsaturated/α-hetero) is 1. The zero-order chi connectivity index (χ0) is 23.7. The molecular weight excluding hydrogens is 422 g/mol. The van der Waals surface area contributed by atoms with E-state index in [9.17, 15) is 14.4 Å². The van der Waals surface area contributed by atoms with E-state index in [2.05, 4.69) is 4.98 Å².